The van der Waals surface area contributed by atoms with E-state index in [1.807, 2.05) is 6.92 Å². The molecule has 1 aromatic carbocycles. The van der Waals surface area contributed by atoms with Crippen molar-refractivity contribution in [1.29, 1.82) is 0 Å². The van der Waals surface area contributed by atoms with E-state index in [0.717, 1.165) is 18.9 Å². The van der Waals surface area contributed by atoms with Crippen LogP contribution in [0.3, 0.4) is 0 Å². The van der Waals surface area contributed by atoms with Crippen molar-refractivity contribution < 1.29 is 23.5 Å². The van der Waals surface area contributed by atoms with Gasteiger partial charge in [-0.1, -0.05) is 12.2 Å². The fourth-order valence-electron chi connectivity index (χ4n) is 3.35. The molecule has 1 aliphatic heterocycles. The van der Waals surface area contributed by atoms with Gasteiger partial charge in [0.2, 0.25) is 5.91 Å². The maximum absolute atomic E-state index is 14.5. The molecule has 1 aromatic rings. The van der Waals surface area contributed by atoms with E-state index in [4.69, 9.17) is 10.5 Å². The van der Waals surface area contributed by atoms with E-state index in [2.05, 4.69) is 5.32 Å². The van der Waals surface area contributed by atoms with Gasteiger partial charge in [-0.05, 0) is 38.7 Å². The largest absolute Gasteiger partial charge is 0.481 e. The van der Waals surface area contributed by atoms with Gasteiger partial charge in [-0.3, -0.25) is 14.4 Å². The third-order valence-corrected chi connectivity index (χ3v) is 4.80. The number of allylic oxidation sites excluding steroid dienone is 1. The lowest BCUT2D eigenvalue weighted by Gasteiger charge is -2.29. The molecular weight excluding hydrogens is 365 g/mol. The van der Waals surface area contributed by atoms with Gasteiger partial charge >= 0.3 is 0 Å². The Bertz CT molecular complexity index is 892. The van der Waals surface area contributed by atoms with E-state index in [1.165, 1.54) is 11.0 Å². The molecule has 148 valence electrons. The molecule has 3 rings (SSSR count). The molecule has 0 bridgehead atoms. The number of primary amides is 1. The van der Waals surface area contributed by atoms with Crippen LogP contribution in [0.2, 0.25) is 0 Å². The SMILES string of the molecule is CC=CCN1C(=O)COc2cc(F)c(NC(=O)C3=C(C(N)=O)CCCC3)cc21. The monoisotopic (exact) mass is 387 g/mol. The zero-order valence-corrected chi connectivity index (χ0v) is 15.6. The smallest absolute Gasteiger partial charge is 0.265 e. The summed E-state index contributed by atoms with van der Waals surface area (Å²) in [6, 6.07) is 2.51. The number of anilines is 2. The highest BCUT2D eigenvalue weighted by Crippen LogP contribution is 2.37. The molecule has 28 heavy (non-hydrogen) atoms. The standard InChI is InChI=1S/C20H22FN3O4/c1-2-3-8-24-16-10-15(14(21)9-17(16)28-11-18(24)25)23-20(27)13-7-5-4-6-12(13)19(22)26/h2-3,9-10H,4-8,11H2,1H3,(H2,22,26)(H,23,27). The highest BCUT2D eigenvalue weighted by Gasteiger charge is 2.28. The topological polar surface area (TPSA) is 102 Å². The van der Waals surface area contributed by atoms with Crippen molar-refractivity contribution in [2.45, 2.75) is 32.6 Å². The van der Waals surface area contributed by atoms with Crippen LogP contribution < -0.4 is 20.7 Å². The molecule has 1 heterocycles. The summed E-state index contributed by atoms with van der Waals surface area (Å²) in [4.78, 5) is 37.9. The molecule has 0 spiro atoms. The summed E-state index contributed by atoms with van der Waals surface area (Å²) in [5.41, 5.74) is 6.23. The molecule has 0 saturated heterocycles. The van der Waals surface area contributed by atoms with Gasteiger partial charge in [0.15, 0.2) is 12.4 Å². The van der Waals surface area contributed by atoms with Gasteiger partial charge in [-0.25, -0.2) is 4.39 Å². The van der Waals surface area contributed by atoms with Crippen LogP contribution in [-0.4, -0.2) is 30.9 Å². The van der Waals surface area contributed by atoms with Crippen LogP contribution in [-0.2, 0) is 14.4 Å². The third-order valence-electron chi connectivity index (χ3n) is 4.80. The minimum Gasteiger partial charge on any atom is -0.481 e. The number of halogens is 1. The molecule has 3 amide bonds. The molecule has 0 atom stereocenters. The number of nitrogens with zero attached hydrogens (tertiary/aromatic N) is 1. The molecule has 0 fully saturated rings. The Kier molecular flexibility index (Phi) is 5.77. The Morgan fingerprint density at radius 2 is 2.00 bits per heavy atom. The minimum absolute atomic E-state index is 0.0885. The number of ether oxygens (including phenoxy) is 1. The van der Waals surface area contributed by atoms with E-state index >= 15 is 0 Å². The zero-order valence-electron chi connectivity index (χ0n) is 15.6. The first kappa shape index (κ1) is 19.6. The summed E-state index contributed by atoms with van der Waals surface area (Å²) < 4.78 is 19.8. The summed E-state index contributed by atoms with van der Waals surface area (Å²) in [7, 11) is 0. The number of amides is 3. The molecule has 8 heteroatoms. The van der Waals surface area contributed by atoms with Gasteiger partial charge in [-0.2, -0.15) is 0 Å². The Labute approximate surface area is 162 Å². The molecule has 0 saturated carbocycles. The average Bonchev–Trinajstić information content (AvgIpc) is 2.68. The fourth-order valence-corrected chi connectivity index (χ4v) is 3.35. The number of benzene rings is 1. The number of carbonyl (C=O) groups is 3. The highest BCUT2D eigenvalue weighted by molar-refractivity contribution is 6.10. The number of nitrogens with two attached hydrogens (primary N) is 1. The molecule has 0 aromatic heterocycles. The van der Waals surface area contributed by atoms with Crippen molar-refractivity contribution >= 4 is 29.1 Å². The van der Waals surface area contributed by atoms with Crippen molar-refractivity contribution in [3.8, 4) is 5.75 Å². The van der Waals surface area contributed by atoms with Gasteiger partial charge in [0.1, 0.15) is 5.75 Å². The second kappa shape index (κ2) is 8.24. The van der Waals surface area contributed by atoms with E-state index in [9.17, 15) is 18.8 Å². The van der Waals surface area contributed by atoms with Crippen LogP contribution >= 0.6 is 0 Å². The van der Waals surface area contributed by atoms with E-state index in [1.54, 1.807) is 12.2 Å². The Hall–Kier alpha value is -3.16. The summed E-state index contributed by atoms with van der Waals surface area (Å²) in [5, 5.41) is 2.52. The van der Waals surface area contributed by atoms with Gasteiger partial charge < -0.3 is 20.7 Å². The minimum atomic E-state index is -0.690. The van der Waals surface area contributed by atoms with Crippen molar-refractivity contribution in [3.05, 3.63) is 41.2 Å². The van der Waals surface area contributed by atoms with Crippen LogP contribution in [0.25, 0.3) is 0 Å². The van der Waals surface area contributed by atoms with Crippen molar-refractivity contribution in [2.75, 3.05) is 23.4 Å². The van der Waals surface area contributed by atoms with Crippen LogP contribution in [0, 0.1) is 5.82 Å². The number of hydrogen-bond donors (Lipinski definition) is 2. The Morgan fingerprint density at radius 3 is 2.68 bits per heavy atom. The van der Waals surface area contributed by atoms with Gasteiger partial charge in [0, 0.05) is 23.8 Å². The highest BCUT2D eigenvalue weighted by atomic mass is 19.1. The number of nitrogens with one attached hydrogen (secondary N) is 1. The maximum atomic E-state index is 14.5. The first-order chi connectivity index (χ1) is 13.4. The molecule has 0 unspecified atom stereocenters. The first-order valence-corrected chi connectivity index (χ1v) is 9.13. The summed E-state index contributed by atoms with van der Waals surface area (Å²) >= 11 is 0. The van der Waals surface area contributed by atoms with E-state index in [0.29, 0.717) is 25.1 Å². The lowest BCUT2D eigenvalue weighted by molar-refractivity contribution is -0.121. The molecule has 1 aliphatic carbocycles. The predicted molar refractivity (Wildman–Crippen MR) is 102 cm³/mol. The lowest BCUT2D eigenvalue weighted by Crippen LogP contribution is -2.39. The molecule has 3 N–H and O–H groups in total. The first-order valence-electron chi connectivity index (χ1n) is 9.13. The third kappa shape index (κ3) is 3.90. The van der Waals surface area contributed by atoms with Crippen molar-refractivity contribution in [2.24, 2.45) is 5.73 Å². The number of fused-ring (bicyclic) bond motifs is 1. The lowest BCUT2D eigenvalue weighted by atomic mass is 9.90. The number of carbonyl (C=O) groups excluding carboxylic acids is 3. The molecule has 2 aliphatic rings. The molecular formula is C20H22FN3O4. The van der Waals surface area contributed by atoms with Crippen LogP contribution in [0.5, 0.6) is 5.75 Å². The van der Waals surface area contributed by atoms with Gasteiger partial charge in [0.25, 0.3) is 11.8 Å². The van der Waals surface area contributed by atoms with Crippen molar-refractivity contribution in [1.82, 2.24) is 0 Å². The zero-order chi connectivity index (χ0) is 20.3. The molecule has 0 radical (unpaired) electrons. The Balaban J connectivity index is 1.93. The van der Waals surface area contributed by atoms with Crippen LogP contribution in [0.4, 0.5) is 15.8 Å². The van der Waals surface area contributed by atoms with Gasteiger partial charge in [-0.15, -0.1) is 0 Å². The van der Waals surface area contributed by atoms with E-state index in [-0.39, 0.29) is 35.1 Å². The van der Waals surface area contributed by atoms with Crippen LogP contribution in [0.1, 0.15) is 32.6 Å². The normalized spacial score (nSPS) is 16.8. The summed E-state index contributed by atoms with van der Waals surface area (Å²) in [6.07, 6.45) is 5.97. The second-order valence-electron chi connectivity index (χ2n) is 6.64. The Morgan fingerprint density at radius 1 is 1.29 bits per heavy atom. The van der Waals surface area contributed by atoms with Crippen molar-refractivity contribution in [3.63, 3.8) is 0 Å². The van der Waals surface area contributed by atoms with Crippen LogP contribution in [0.15, 0.2) is 35.4 Å². The average molecular weight is 387 g/mol. The predicted octanol–water partition coefficient (Wildman–Crippen LogP) is 2.42. The second-order valence-corrected chi connectivity index (χ2v) is 6.64. The summed E-state index contributed by atoms with van der Waals surface area (Å²) in [5.74, 6) is -1.91. The maximum Gasteiger partial charge on any atom is 0.265 e. The van der Waals surface area contributed by atoms with E-state index < -0.39 is 17.6 Å². The van der Waals surface area contributed by atoms with Gasteiger partial charge in [0.05, 0.1) is 11.4 Å². The molecule has 7 nitrogen and oxygen atoms in total. The number of rotatable bonds is 5. The fraction of sp³-hybridized carbons (Fsp3) is 0.350. The quantitative estimate of drug-likeness (QED) is 0.758. The summed E-state index contributed by atoms with van der Waals surface area (Å²) in [6.45, 7) is 1.96. The number of hydrogen-bond acceptors (Lipinski definition) is 4.